The lowest BCUT2D eigenvalue weighted by molar-refractivity contribution is 0.353. The monoisotopic (exact) mass is 625 g/mol. The van der Waals surface area contributed by atoms with Crippen LogP contribution < -0.4 is 0 Å². The van der Waals surface area contributed by atoms with Gasteiger partial charge in [0.15, 0.2) is 17.5 Å². The van der Waals surface area contributed by atoms with Gasteiger partial charge in [0.25, 0.3) is 0 Å². The first-order chi connectivity index (χ1) is 26.9. The molecule has 6 aromatic carbocycles. The molecule has 2 aliphatic rings. The average molecular weight is 626 g/mol. The third kappa shape index (κ3) is 4.94. The number of rotatable bonds is 5. The summed E-state index contributed by atoms with van der Waals surface area (Å²) in [7, 11) is 0. The van der Waals surface area contributed by atoms with Crippen LogP contribution in [0.1, 0.15) is 54.1 Å². The van der Waals surface area contributed by atoms with Gasteiger partial charge in [0.2, 0.25) is 0 Å². The molecule has 7 aromatic rings. The third-order valence-corrected chi connectivity index (χ3v) is 9.22. The maximum Gasteiger partial charge on any atom is 0.164 e. The normalized spacial score (nSPS) is 18.9. The van der Waals surface area contributed by atoms with E-state index in [4.69, 9.17) is 19.1 Å². The summed E-state index contributed by atoms with van der Waals surface area (Å²) in [5, 5.41) is 0. The van der Waals surface area contributed by atoms with Gasteiger partial charge in [-0.1, -0.05) is 159 Å². The van der Waals surface area contributed by atoms with Crippen LogP contribution in [0, 0.1) is 0 Å². The summed E-state index contributed by atoms with van der Waals surface area (Å²) >= 11 is 0. The van der Waals surface area contributed by atoms with E-state index in [-0.39, 0.29) is 48.1 Å². The molecule has 0 atom stereocenters. The fourth-order valence-corrected chi connectivity index (χ4v) is 6.87. The number of hydrogen-bond donors (Lipinski definition) is 0. The Bertz CT molecular complexity index is 2590. The molecule has 1 aromatic heterocycles. The van der Waals surface area contributed by atoms with E-state index in [2.05, 4.69) is 0 Å². The van der Waals surface area contributed by atoms with Crippen molar-refractivity contribution in [3.63, 3.8) is 0 Å². The van der Waals surface area contributed by atoms with Crippen molar-refractivity contribution in [1.29, 1.82) is 0 Å². The number of nitrogens with zero attached hydrogens (tertiary/aromatic N) is 3. The zero-order valence-electron chi connectivity index (χ0n) is 34.1. The minimum Gasteiger partial charge on any atom is -0.208 e. The van der Waals surface area contributed by atoms with E-state index in [1.54, 1.807) is 24.3 Å². The maximum absolute atomic E-state index is 9.48. The van der Waals surface area contributed by atoms with Gasteiger partial charge in [-0.15, -0.1) is 0 Å². The van der Waals surface area contributed by atoms with Gasteiger partial charge in [-0.3, -0.25) is 0 Å². The van der Waals surface area contributed by atoms with E-state index in [0.717, 1.165) is 22.3 Å². The molecule has 9 rings (SSSR count). The fourth-order valence-electron chi connectivity index (χ4n) is 6.87. The van der Waals surface area contributed by atoms with Gasteiger partial charge in [0.05, 0.1) is 5.48 Å². The maximum atomic E-state index is 9.48. The molecule has 3 heteroatoms. The van der Waals surface area contributed by atoms with E-state index in [1.165, 1.54) is 0 Å². The highest BCUT2D eigenvalue weighted by atomic mass is 15.0. The molecule has 0 amide bonds. The van der Waals surface area contributed by atoms with Crippen LogP contribution in [0.2, 0.25) is 0 Å². The topological polar surface area (TPSA) is 38.7 Å². The second-order valence-electron chi connectivity index (χ2n) is 12.1. The van der Waals surface area contributed by atoms with Gasteiger partial charge in [-0.05, 0) is 69.4 Å². The summed E-state index contributed by atoms with van der Waals surface area (Å²) < 4.78 is 73.7. The highest BCUT2D eigenvalue weighted by Crippen LogP contribution is 2.56. The van der Waals surface area contributed by atoms with Gasteiger partial charge in [-0.2, -0.15) is 0 Å². The number of fused-ring (bicyclic) bond motifs is 5. The van der Waals surface area contributed by atoms with Crippen LogP contribution in [0.3, 0.4) is 0 Å². The van der Waals surface area contributed by atoms with Crippen molar-refractivity contribution in [1.82, 2.24) is 15.0 Å². The van der Waals surface area contributed by atoms with Gasteiger partial charge < -0.3 is 0 Å². The van der Waals surface area contributed by atoms with Crippen LogP contribution >= 0.6 is 0 Å². The van der Waals surface area contributed by atoms with Crippen molar-refractivity contribution < 1.29 is 11.0 Å². The molecule has 48 heavy (non-hydrogen) atoms. The molecule has 0 N–H and O–H groups in total. The molecular weight excluding hydrogens is 583 g/mol. The number of aromatic nitrogens is 3. The van der Waals surface area contributed by atoms with E-state index >= 15 is 0 Å². The van der Waals surface area contributed by atoms with E-state index < -0.39 is 18.2 Å². The highest BCUT2D eigenvalue weighted by Gasteiger charge is 2.43. The van der Waals surface area contributed by atoms with Crippen LogP contribution in [0.4, 0.5) is 0 Å². The lowest BCUT2D eigenvalue weighted by Gasteiger charge is -2.36. The van der Waals surface area contributed by atoms with Crippen molar-refractivity contribution in [2.75, 3.05) is 0 Å². The first kappa shape index (κ1) is 21.3. The van der Waals surface area contributed by atoms with Crippen LogP contribution in [0.5, 0.6) is 0 Å². The molecule has 1 fully saturated rings. The Hall–Kier alpha value is -5.67. The summed E-state index contributed by atoms with van der Waals surface area (Å²) in [6, 6.07) is 38.2. The van der Waals surface area contributed by atoms with E-state index in [0.29, 0.717) is 51.7 Å². The molecule has 0 bridgehead atoms. The van der Waals surface area contributed by atoms with Gasteiger partial charge in [0, 0.05) is 27.6 Å². The Labute approximate surface area is 293 Å². The number of hydrogen-bond acceptors (Lipinski definition) is 3. The highest BCUT2D eigenvalue weighted by molar-refractivity contribution is 5.85. The summed E-state index contributed by atoms with van der Waals surface area (Å²) in [6.07, 6.45) is -3.06. The molecule has 0 radical (unpaired) electrons. The Balaban J connectivity index is 1.17. The van der Waals surface area contributed by atoms with E-state index in [9.17, 15) is 6.85 Å². The Kier molecular flexibility index (Phi) is 5.24. The Morgan fingerprint density at radius 3 is 1.60 bits per heavy atom. The molecule has 1 heterocycles. The van der Waals surface area contributed by atoms with Crippen molar-refractivity contribution in [2.24, 2.45) is 0 Å². The molecule has 0 saturated heterocycles. The summed E-state index contributed by atoms with van der Waals surface area (Å²) in [5.74, 6) is 1.48. The quantitative estimate of drug-likeness (QED) is 0.191. The predicted molar refractivity (Wildman–Crippen MR) is 196 cm³/mol. The largest absolute Gasteiger partial charge is 0.208 e. The average Bonchev–Trinajstić information content (AvgIpc) is 3.52. The van der Waals surface area contributed by atoms with Crippen LogP contribution in [-0.2, 0) is 5.41 Å². The first-order valence-corrected chi connectivity index (χ1v) is 16.3. The second-order valence-corrected chi connectivity index (χ2v) is 12.1. The first-order valence-electron chi connectivity index (χ1n) is 20.3. The smallest absolute Gasteiger partial charge is 0.164 e. The molecule has 0 unspecified atom stereocenters. The summed E-state index contributed by atoms with van der Waals surface area (Å²) in [6.45, 7) is 0. The molecule has 1 saturated carbocycles. The van der Waals surface area contributed by atoms with E-state index in [1.807, 2.05) is 103 Å². The fraction of sp³-hybridized carbons (Fsp3) is 0.133. The molecule has 1 spiro atoms. The minimum absolute atomic E-state index is 0.110. The van der Waals surface area contributed by atoms with Crippen molar-refractivity contribution >= 4 is 0 Å². The third-order valence-electron chi connectivity index (χ3n) is 9.22. The molecular formula is C45H35N3. The lowest BCUT2D eigenvalue weighted by Crippen LogP contribution is -2.28. The molecule has 3 nitrogen and oxygen atoms in total. The van der Waals surface area contributed by atoms with Gasteiger partial charge in [0.1, 0.15) is 0 Å². The Morgan fingerprint density at radius 1 is 0.458 bits per heavy atom. The van der Waals surface area contributed by atoms with Crippen LogP contribution in [-0.4, -0.2) is 15.0 Å². The SMILES string of the molecule is [2H]c1c([2H])c(-c2ccc(-c3nc(-c4ccccc4)nc(-c4ccccc4)n3)cc2)c([2H])c(-c2ccc3c(c2)C2(c4ccccc4-3)C([2H])([2H])CCCC2([2H])[2H])c1[2H]. The molecule has 2 aliphatic carbocycles. The van der Waals surface area contributed by atoms with Crippen molar-refractivity contribution in [3.8, 4) is 67.5 Å². The second kappa shape index (κ2) is 11.8. The predicted octanol–water partition coefficient (Wildman–Crippen LogP) is 11.4. The van der Waals surface area contributed by atoms with Crippen molar-refractivity contribution in [2.45, 2.75) is 37.4 Å². The zero-order valence-corrected chi connectivity index (χ0v) is 26.1. The molecule has 230 valence electrons. The Morgan fingerprint density at radius 2 is 0.958 bits per heavy atom. The number of benzene rings is 6. The van der Waals surface area contributed by atoms with Gasteiger partial charge >= 0.3 is 0 Å². The van der Waals surface area contributed by atoms with Crippen molar-refractivity contribution in [3.05, 3.63) is 163 Å². The summed E-state index contributed by atoms with van der Waals surface area (Å²) in [4.78, 5) is 14.4. The molecule has 0 aliphatic heterocycles. The van der Waals surface area contributed by atoms with Crippen LogP contribution in [0.25, 0.3) is 67.5 Å². The zero-order chi connectivity index (χ0) is 39.0. The lowest BCUT2D eigenvalue weighted by atomic mass is 9.67. The van der Waals surface area contributed by atoms with Gasteiger partial charge in [-0.25, -0.2) is 15.0 Å². The van der Waals surface area contributed by atoms with Crippen LogP contribution in [0.15, 0.2) is 152 Å². The summed E-state index contributed by atoms with van der Waals surface area (Å²) in [5.41, 5.74) is 4.56. The standard InChI is InChI=1S/C45H35N3/c1-4-13-32(14-5-1)42-46-43(33-15-6-2-7-16-33)48-44(47-42)34-23-21-31(22-24-34)35-17-12-18-36(29-35)37-25-26-39-38-19-8-9-20-40(38)45(41(39)30-37)27-10-3-11-28-45/h1-2,4-9,12-26,29-30H,3,10-11,27-28H2/i12D,17D,18D,27D2,28D2,29D. The minimum atomic E-state index is -1.93.